The van der Waals surface area contributed by atoms with Crippen LogP contribution >= 0.6 is 23.8 Å². The van der Waals surface area contributed by atoms with Crippen LogP contribution in [-0.4, -0.2) is 30.2 Å². The Balaban J connectivity index is 1.47. The number of fused-ring (bicyclic) bond motifs is 1. The van der Waals surface area contributed by atoms with Crippen LogP contribution < -0.4 is 20.1 Å². The van der Waals surface area contributed by atoms with Crippen molar-refractivity contribution in [2.75, 3.05) is 19.5 Å². The van der Waals surface area contributed by atoms with Gasteiger partial charge in [0.1, 0.15) is 17.0 Å². The molecule has 0 atom stereocenters. The number of aromatic nitrogens is 1. The molecule has 4 aromatic rings. The minimum absolute atomic E-state index is 0.140. The number of carbonyl (C=O) groups excluding carboxylic acids is 1. The highest BCUT2D eigenvalue weighted by atomic mass is 35.5. The quantitative estimate of drug-likeness (QED) is 0.385. The predicted molar refractivity (Wildman–Crippen MR) is 128 cm³/mol. The molecule has 7 nitrogen and oxygen atoms in total. The highest BCUT2D eigenvalue weighted by Gasteiger charge is 2.13. The largest absolute Gasteiger partial charge is 0.497 e. The molecule has 1 heterocycles. The van der Waals surface area contributed by atoms with Crippen molar-refractivity contribution < 1.29 is 18.7 Å². The summed E-state index contributed by atoms with van der Waals surface area (Å²) in [7, 11) is 3.11. The van der Waals surface area contributed by atoms with Crippen molar-refractivity contribution in [2.45, 2.75) is 0 Å². The van der Waals surface area contributed by atoms with Crippen molar-refractivity contribution in [2.24, 2.45) is 0 Å². The van der Waals surface area contributed by atoms with E-state index in [-0.39, 0.29) is 5.11 Å². The molecule has 0 saturated heterocycles. The number of nitrogens with one attached hydrogen (secondary N) is 2. The molecule has 0 spiro atoms. The summed E-state index contributed by atoms with van der Waals surface area (Å²) in [4.78, 5) is 17.0. The maximum atomic E-state index is 12.5. The molecule has 0 aliphatic heterocycles. The number of hydrogen-bond acceptors (Lipinski definition) is 6. The molecular formula is C23H18ClN3O4S. The molecule has 0 aliphatic rings. The van der Waals surface area contributed by atoms with E-state index in [9.17, 15) is 4.79 Å². The van der Waals surface area contributed by atoms with Gasteiger partial charge in [0.25, 0.3) is 5.91 Å². The lowest BCUT2D eigenvalue weighted by Crippen LogP contribution is -2.34. The van der Waals surface area contributed by atoms with Gasteiger partial charge in [0, 0.05) is 22.9 Å². The van der Waals surface area contributed by atoms with E-state index in [4.69, 9.17) is 37.7 Å². The van der Waals surface area contributed by atoms with Gasteiger partial charge in [-0.3, -0.25) is 10.1 Å². The zero-order valence-corrected chi connectivity index (χ0v) is 18.7. The van der Waals surface area contributed by atoms with E-state index >= 15 is 0 Å². The lowest BCUT2D eigenvalue weighted by Gasteiger charge is -2.11. The fraction of sp³-hybridized carbons (Fsp3) is 0.0870. The van der Waals surface area contributed by atoms with Crippen LogP contribution in [0.5, 0.6) is 11.5 Å². The van der Waals surface area contributed by atoms with Crippen molar-refractivity contribution in [1.29, 1.82) is 0 Å². The number of halogens is 1. The summed E-state index contributed by atoms with van der Waals surface area (Å²) in [6, 6.07) is 17.5. The van der Waals surface area contributed by atoms with Crippen LogP contribution in [0.3, 0.4) is 0 Å². The summed E-state index contributed by atoms with van der Waals surface area (Å²) < 4.78 is 16.2. The molecule has 2 N–H and O–H groups in total. The zero-order valence-electron chi connectivity index (χ0n) is 17.1. The number of amides is 1. The summed E-state index contributed by atoms with van der Waals surface area (Å²) in [5, 5.41) is 6.10. The molecule has 3 aromatic carbocycles. The molecule has 0 saturated carbocycles. The monoisotopic (exact) mass is 467 g/mol. The summed E-state index contributed by atoms with van der Waals surface area (Å²) in [5.41, 5.74) is 3.12. The molecule has 9 heteroatoms. The highest BCUT2D eigenvalue weighted by molar-refractivity contribution is 7.80. The van der Waals surface area contributed by atoms with Crippen molar-refractivity contribution >= 4 is 51.6 Å². The number of carbonyl (C=O) groups is 1. The number of anilines is 1. The van der Waals surface area contributed by atoms with E-state index in [1.54, 1.807) is 25.3 Å². The minimum atomic E-state index is -0.392. The average molecular weight is 468 g/mol. The number of rotatable bonds is 5. The molecule has 4 rings (SSSR count). The first-order chi connectivity index (χ1) is 15.5. The van der Waals surface area contributed by atoms with Crippen molar-refractivity contribution in [3.05, 3.63) is 71.2 Å². The molecule has 1 aromatic heterocycles. The molecule has 0 unspecified atom stereocenters. The topological polar surface area (TPSA) is 85.6 Å². The number of methoxy groups -OCH3 is 2. The summed E-state index contributed by atoms with van der Waals surface area (Å²) in [5.74, 6) is 1.25. The Bertz CT molecular complexity index is 1320. The first kappa shape index (κ1) is 21.6. The number of hydrogen-bond donors (Lipinski definition) is 2. The zero-order chi connectivity index (χ0) is 22.7. The highest BCUT2D eigenvalue weighted by Crippen LogP contribution is 2.28. The fourth-order valence-electron chi connectivity index (χ4n) is 3.03. The Morgan fingerprint density at radius 1 is 1.06 bits per heavy atom. The second-order valence-corrected chi connectivity index (χ2v) is 7.51. The Morgan fingerprint density at radius 2 is 1.91 bits per heavy atom. The van der Waals surface area contributed by atoms with Gasteiger partial charge >= 0.3 is 0 Å². The van der Waals surface area contributed by atoms with E-state index in [1.807, 2.05) is 36.4 Å². The number of thiocarbonyl (C=S) groups is 1. The fourth-order valence-corrected chi connectivity index (χ4v) is 3.50. The molecule has 0 radical (unpaired) electrons. The van der Waals surface area contributed by atoms with Gasteiger partial charge in [0.05, 0.1) is 19.2 Å². The molecule has 32 heavy (non-hydrogen) atoms. The smallest absolute Gasteiger partial charge is 0.257 e. The second kappa shape index (κ2) is 9.25. The minimum Gasteiger partial charge on any atom is -0.497 e. The summed E-state index contributed by atoms with van der Waals surface area (Å²) in [6.45, 7) is 0. The van der Waals surface area contributed by atoms with Gasteiger partial charge in [-0.1, -0.05) is 17.7 Å². The van der Waals surface area contributed by atoms with Crippen LogP contribution in [-0.2, 0) is 0 Å². The van der Waals surface area contributed by atoms with E-state index in [0.717, 1.165) is 5.56 Å². The average Bonchev–Trinajstić information content (AvgIpc) is 3.22. The summed E-state index contributed by atoms with van der Waals surface area (Å²) >= 11 is 11.4. The Morgan fingerprint density at radius 3 is 2.66 bits per heavy atom. The lowest BCUT2D eigenvalue weighted by molar-refractivity contribution is 0.0977. The van der Waals surface area contributed by atoms with E-state index in [2.05, 4.69) is 15.6 Å². The first-order valence-corrected chi connectivity index (χ1v) is 10.3. The van der Waals surface area contributed by atoms with Gasteiger partial charge in [-0.2, -0.15) is 0 Å². The van der Waals surface area contributed by atoms with E-state index in [0.29, 0.717) is 44.8 Å². The van der Waals surface area contributed by atoms with Gasteiger partial charge in [-0.15, -0.1) is 0 Å². The van der Waals surface area contributed by atoms with Crippen LogP contribution in [0.15, 0.2) is 65.1 Å². The van der Waals surface area contributed by atoms with Gasteiger partial charge < -0.3 is 19.2 Å². The SMILES string of the molecule is COc1ccc2oc(-c3cccc(NC(=S)NC(=O)c4ccc(OC)c(Cl)c4)c3)nc2c1. The van der Waals surface area contributed by atoms with Gasteiger partial charge in [-0.25, -0.2) is 4.98 Å². The van der Waals surface area contributed by atoms with Crippen LogP contribution in [0.2, 0.25) is 5.02 Å². The van der Waals surface area contributed by atoms with Gasteiger partial charge in [0.2, 0.25) is 5.89 Å². The Hall–Kier alpha value is -3.62. The van der Waals surface area contributed by atoms with Gasteiger partial charge in [0.15, 0.2) is 10.7 Å². The Labute approximate surface area is 194 Å². The normalized spacial score (nSPS) is 10.6. The standard InChI is InChI=1S/C23H18ClN3O4S/c1-29-16-7-9-20-18(12-16)26-22(31-20)14-4-3-5-15(10-14)25-23(32)27-21(28)13-6-8-19(30-2)17(24)11-13/h3-12H,1-2H3,(H2,25,27,28,32). The van der Waals surface area contributed by atoms with E-state index < -0.39 is 5.91 Å². The predicted octanol–water partition coefficient (Wildman–Crippen LogP) is 5.29. The third-order valence-electron chi connectivity index (χ3n) is 4.60. The third kappa shape index (κ3) is 4.66. The first-order valence-electron chi connectivity index (χ1n) is 9.47. The summed E-state index contributed by atoms with van der Waals surface area (Å²) in [6.07, 6.45) is 0. The lowest BCUT2D eigenvalue weighted by atomic mass is 10.2. The Kier molecular flexibility index (Phi) is 6.25. The van der Waals surface area contributed by atoms with Crippen molar-refractivity contribution in [1.82, 2.24) is 10.3 Å². The third-order valence-corrected chi connectivity index (χ3v) is 5.10. The maximum Gasteiger partial charge on any atom is 0.257 e. The molecule has 162 valence electrons. The second-order valence-electron chi connectivity index (χ2n) is 6.69. The van der Waals surface area contributed by atoms with Gasteiger partial charge in [-0.05, 0) is 60.7 Å². The molecule has 0 bridgehead atoms. The van der Waals surface area contributed by atoms with Crippen molar-refractivity contribution in [3.8, 4) is 23.0 Å². The molecule has 0 aliphatic carbocycles. The van der Waals surface area contributed by atoms with Crippen LogP contribution in [0, 0.1) is 0 Å². The molecular weight excluding hydrogens is 450 g/mol. The number of benzene rings is 3. The maximum absolute atomic E-state index is 12.5. The van der Waals surface area contributed by atoms with E-state index in [1.165, 1.54) is 13.2 Å². The van der Waals surface area contributed by atoms with Crippen LogP contribution in [0.1, 0.15) is 10.4 Å². The number of ether oxygens (including phenoxy) is 2. The van der Waals surface area contributed by atoms with Crippen LogP contribution in [0.4, 0.5) is 5.69 Å². The molecule has 1 amide bonds. The number of oxazole rings is 1. The van der Waals surface area contributed by atoms with Crippen LogP contribution in [0.25, 0.3) is 22.6 Å². The number of nitrogens with zero attached hydrogens (tertiary/aromatic N) is 1. The molecule has 0 fully saturated rings. The van der Waals surface area contributed by atoms with Crippen molar-refractivity contribution in [3.63, 3.8) is 0 Å².